The second-order valence-corrected chi connectivity index (χ2v) is 5.96. The van der Waals surface area contributed by atoms with Crippen molar-refractivity contribution in [3.05, 3.63) is 47.1 Å². The minimum atomic E-state index is -0.317. The second kappa shape index (κ2) is 7.81. The maximum absolute atomic E-state index is 12.4. The van der Waals surface area contributed by atoms with Crippen LogP contribution in [0.1, 0.15) is 19.8 Å². The van der Waals surface area contributed by atoms with E-state index in [0.717, 1.165) is 12.8 Å². The topological polar surface area (TPSA) is 91.0 Å². The Balaban J connectivity index is 1.68. The van der Waals surface area contributed by atoms with Crippen LogP contribution in [0, 0.1) is 0 Å². The van der Waals surface area contributed by atoms with Gasteiger partial charge in [-0.25, -0.2) is 4.98 Å². The summed E-state index contributed by atoms with van der Waals surface area (Å²) in [5, 5.41) is 7.17. The van der Waals surface area contributed by atoms with Crippen LogP contribution in [0.4, 0.5) is 5.69 Å². The Morgan fingerprint density at radius 2 is 2.19 bits per heavy atom. The van der Waals surface area contributed by atoms with Gasteiger partial charge in [0.05, 0.1) is 12.8 Å². The van der Waals surface area contributed by atoms with Crippen molar-refractivity contribution in [2.24, 2.45) is 7.05 Å². The summed E-state index contributed by atoms with van der Waals surface area (Å²) in [6.07, 6.45) is 4.84. The number of aromatic nitrogens is 4. The first-order valence-electron chi connectivity index (χ1n) is 8.48. The normalized spacial score (nSPS) is 10.8. The first-order chi connectivity index (χ1) is 12.6. The number of nitrogens with zero attached hydrogens (tertiary/aromatic N) is 4. The molecule has 136 valence electrons. The number of aryl methyl sites for hydroxylation is 1. The molecule has 3 aromatic rings. The molecule has 1 amide bonds. The summed E-state index contributed by atoms with van der Waals surface area (Å²) in [6, 6.07) is 7.19. The maximum Gasteiger partial charge on any atom is 0.264 e. The summed E-state index contributed by atoms with van der Waals surface area (Å²) in [7, 11) is 1.71. The highest BCUT2D eigenvalue weighted by molar-refractivity contribution is 5.90. The summed E-state index contributed by atoms with van der Waals surface area (Å²) >= 11 is 0. The minimum Gasteiger partial charge on any atom is -0.494 e. The minimum absolute atomic E-state index is 0.127. The average Bonchev–Trinajstić information content (AvgIpc) is 3.00. The van der Waals surface area contributed by atoms with Crippen molar-refractivity contribution < 1.29 is 9.53 Å². The van der Waals surface area contributed by atoms with Gasteiger partial charge >= 0.3 is 0 Å². The highest BCUT2D eigenvalue weighted by atomic mass is 16.5. The van der Waals surface area contributed by atoms with Gasteiger partial charge in [0, 0.05) is 18.8 Å². The van der Waals surface area contributed by atoms with Crippen LogP contribution >= 0.6 is 0 Å². The van der Waals surface area contributed by atoms with Crippen LogP contribution in [0.3, 0.4) is 0 Å². The third-order valence-electron chi connectivity index (χ3n) is 3.92. The third-order valence-corrected chi connectivity index (χ3v) is 3.92. The molecule has 0 bridgehead atoms. The fourth-order valence-corrected chi connectivity index (χ4v) is 2.53. The van der Waals surface area contributed by atoms with Crippen LogP contribution in [-0.2, 0) is 18.4 Å². The maximum atomic E-state index is 12.4. The molecule has 0 saturated heterocycles. The Labute approximate surface area is 150 Å². The summed E-state index contributed by atoms with van der Waals surface area (Å²) in [6.45, 7) is 2.61. The molecule has 8 heteroatoms. The van der Waals surface area contributed by atoms with Crippen LogP contribution in [0.25, 0.3) is 11.0 Å². The first-order valence-corrected chi connectivity index (χ1v) is 8.48. The van der Waals surface area contributed by atoms with E-state index in [4.69, 9.17) is 4.74 Å². The van der Waals surface area contributed by atoms with E-state index in [9.17, 15) is 9.59 Å². The molecule has 1 N–H and O–H groups in total. The molecule has 0 spiro atoms. The zero-order valence-corrected chi connectivity index (χ0v) is 14.8. The first kappa shape index (κ1) is 17.7. The van der Waals surface area contributed by atoms with Crippen molar-refractivity contribution >= 4 is 22.6 Å². The van der Waals surface area contributed by atoms with E-state index in [1.54, 1.807) is 19.2 Å². The molecule has 2 heterocycles. The molecule has 3 rings (SSSR count). The standard InChI is InChI=1S/C18H21N5O3/c1-3-4-8-26-14-7-5-6-13(9-14)21-16(24)11-23-12-19-17-15(18(23)25)10-20-22(17)2/h5-7,9-10,12H,3-4,8,11H2,1-2H3,(H,21,24). The van der Waals surface area contributed by atoms with Gasteiger partial charge in [-0.1, -0.05) is 19.4 Å². The molecule has 2 aromatic heterocycles. The number of anilines is 1. The number of carbonyl (C=O) groups is 1. The molecule has 0 aliphatic rings. The third kappa shape index (κ3) is 3.90. The van der Waals surface area contributed by atoms with Gasteiger partial charge in [0.15, 0.2) is 5.65 Å². The van der Waals surface area contributed by atoms with Crippen LogP contribution in [0.15, 0.2) is 41.6 Å². The number of amides is 1. The molecule has 0 aliphatic heterocycles. The van der Waals surface area contributed by atoms with E-state index in [1.165, 1.54) is 21.8 Å². The number of rotatable bonds is 7. The highest BCUT2D eigenvalue weighted by Crippen LogP contribution is 2.17. The van der Waals surface area contributed by atoms with Gasteiger partial charge in [0.25, 0.3) is 5.56 Å². The fraction of sp³-hybridized carbons (Fsp3) is 0.333. The van der Waals surface area contributed by atoms with Crippen molar-refractivity contribution in [1.29, 1.82) is 0 Å². The van der Waals surface area contributed by atoms with Gasteiger partial charge in [-0.05, 0) is 18.6 Å². The van der Waals surface area contributed by atoms with E-state index in [0.29, 0.717) is 29.1 Å². The van der Waals surface area contributed by atoms with Gasteiger partial charge in [-0.2, -0.15) is 5.10 Å². The Kier molecular flexibility index (Phi) is 5.31. The van der Waals surface area contributed by atoms with E-state index < -0.39 is 0 Å². The SMILES string of the molecule is CCCCOc1cccc(NC(=O)Cn2cnc3c(cnn3C)c2=O)c1. The molecular formula is C18H21N5O3. The zero-order valence-electron chi connectivity index (χ0n) is 14.8. The van der Waals surface area contributed by atoms with Gasteiger partial charge in [0.2, 0.25) is 5.91 Å². The van der Waals surface area contributed by atoms with Crippen LogP contribution in [0.5, 0.6) is 5.75 Å². The molecule has 1 aromatic carbocycles. The number of nitrogens with one attached hydrogen (secondary N) is 1. The Morgan fingerprint density at radius 3 is 3.00 bits per heavy atom. The fourth-order valence-electron chi connectivity index (χ4n) is 2.53. The number of benzene rings is 1. The van der Waals surface area contributed by atoms with Gasteiger partial charge < -0.3 is 10.1 Å². The lowest BCUT2D eigenvalue weighted by molar-refractivity contribution is -0.116. The molecule has 0 unspecified atom stereocenters. The lowest BCUT2D eigenvalue weighted by Crippen LogP contribution is -2.27. The van der Waals surface area contributed by atoms with Crippen molar-refractivity contribution in [1.82, 2.24) is 19.3 Å². The summed E-state index contributed by atoms with van der Waals surface area (Å²) in [4.78, 5) is 28.9. The van der Waals surface area contributed by atoms with Crippen molar-refractivity contribution in [3.63, 3.8) is 0 Å². The van der Waals surface area contributed by atoms with Gasteiger partial charge in [-0.15, -0.1) is 0 Å². The number of unbranched alkanes of at least 4 members (excludes halogenated alkanes) is 1. The molecule has 0 atom stereocenters. The van der Waals surface area contributed by atoms with E-state index in [2.05, 4.69) is 22.3 Å². The van der Waals surface area contributed by atoms with Crippen molar-refractivity contribution in [2.75, 3.05) is 11.9 Å². The van der Waals surface area contributed by atoms with Crippen molar-refractivity contribution in [3.8, 4) is 5.75 Å². The quantitative estimate of drug-likeness (QED) is 0.654. The van der Waals surface area contributed by atoms with E-state index in [-0.39, 0.29) is 18.0 Å². The molecule has 8 nitrogen and oxygen atoms in total. The Morgan fingerprint density at radius 1 is 1.35 bits per heavy atom. The Bertz CT molecular complexity index is 976. The molecule has 0 fully saturated rings. The molecule has 26 heavy (non-hydrogen) atoms. The average molecular weight is 355 g/mol. The van der Waals surface area contributed by atoms with E-state index >= 15 is 0 Å². The van der Waals surface area contributed by atoms with Gasteiger partial charge in [0.1, 0.15) is 24.0 Å². The number of hydrogen-bond acceptors (Lipinski definition) is 5. The zero-order chi connectivity index (χ0) is 18.5. The molecule has 0 radical (unpaired) electrons. The number of ether oxygens (including phenoxy) is 1. The Hall–Kier alpha value is -3.16. The number of hydrogen-bond donors (Lipinski definition) is 1. The lowest BCUT2D eigenvalue weighted by atomic mass is 10.3. The van der Waals surface area contributed by atoms with E-state index in [1.807, 2.05) is 12.1 Å². The highest BCUT2D eigenvalue weighted by Gasteiger charge is 2.11. The smallest absolute Gasteiger partial charge is 0.264 e. The van der Waals surface area contributed by atoms with Crippen LogP contribution in [0.2, 0.25) is 0 Å². The summed E-state index contributed by atoms with van der Waals surface area (Å²) < 4.78 is 8.41. The molecule has 0 saturated carbocycles. The lowest BCUT2D eigenvalue weighted by Gasteiger charge is -2.10. The number of carbonyl (C=O) groups excluding carboxylic acids is 1. The summed E-state index contributed by atoms with van der Waals surface area (Å²) in [5.74, 6) is 0.384. The number of fused-ring (bicyclic) bond motifs is 1. The predicted octanol–water partition coefficient (Wildman–Crippen LogP) is 1.95. The van der Waals surface area contributed by atoms with Gasteiger partial charge in [-0.3, -0.25) is 18.8 Å². The second-order valence-electron chi connectivity index (χ2n) is 5.96. The predicted molar refractivity (Wildman–Crippen MR) is 98.2 cm³/mol. The monoisotopic (exact) mass is 355 g/mol. The van der Waals surface area contributed by atoms with Crippen LogP contribution < -0.4 is 15.6 Å². The largest absolute Gasteiger partial charge is 0.494 e. The molecule has 0 aliphatic carbocycles. The molecular weight excluding hydrogens is 334 g/mol. The summed E-state index contributed by atoms with van der Waals surface area (Å²) in [5.41, 5.74) is 0.811. The van der Waals surface area contributed by atoms with Crippen molar-refractivity contribution in [2.45, 2.75) is 26.3 Å². The van der Waals surface area contributed by atoms with Crippen LogP contribution in [-0.4, -0.2) is 31.8 Å².